The van der Waals surface area contributed by atoms with E-state index in [4.69, 9.17) is 10.8 Å². The lowest BCUT2D eigenvalue weighted by Crippen LogP contribution is -2.41. The quantitative estimate of drug-likeness (QED) is 0.320. The third kappa shape index (κ3) is 7.73. The van der Waals surface area contributed by atoms with E-state index in [0.717, 1.165) is 5.56 Å². The van der Waals surface area contributed by atoms with Crippen LogP contribution >= 0.6 is 0 Å². The summed E-state index contributed by atoms with van der Waals surface area (Å²) in [5, 5.41) is 20.3. The van der Waals surface area contributed by atoms with Crippen molar-refractivity contribution in [2.24, 2.45) is 16.1 Å². The van der Waals surface area contributed by atoms with Gasteiger partial charge in [-0.2, -0.15) is 0 Å². The molecule has 0 bridgehead atoms. The van der Waals surface area contributed by atoms with Crippen LogP contribution in [0.25, 0.3) is 0 Å². The van der Waals surface area contributed by atoms with Crippen LogP contribution in [0.1, 0.15) is 39.2 Å². The van der Waals surface area contributed by atoms with Crippen molar-refractivity contribution < 1.29 is 23.4 Å². The molecule has 0 saturated carbocycles. The van der Waals surface area contributed by atoms with Gasteiger partial charge in [0.1, 0.15) is 0 Å². The molecule has 0 aromatic heterocycles. The van der Waals surface area contributed by atoms with Crippen molar-refractivity contribution in [2.45, 2.75) is 57.5 Å². The molecule has 1 rings (SSSR count). The summed E-state index contributed by atoms with van der Waals surface area (Å²) in [5.41, 5.74) is 6.42. The number of sulfonamides is 1. The van der Waals surface area contributed by atoms with Crippen molar-refractivity contribution in [2.75, 3.05) is 6.61 Å². The van der Waals surface area contributed by atoms with Crippen molar-refractivity contribution in [1.82, 2.24) is 10.0 Å². The van der Waals surface area contributed by atoms with Gasteiger partial charge in [0.15, 0.2) is 0 Å². The van der Waals surface area contributed by atoms with Gasteiger partial charge in [0.2, 0.25) is 5.96 Å². The Balaban J connectivity index is 2.92. The first-order chi connectivity index (χ1) is 12.8. The van der Waals surface area contributed by atoms with E-state index in [-0.39, 0.29) is 22.9 Å². The number of nitrogens with one attached hydrogen (secondary N) is 2. The summed E-state index contributed by atoms with van der Waals surface area (Å²) in [7, 11) is -3.86. The predicted molar refractivity (Wildman–Crippen MR) is 108 cm³/mol. The van der Waals surface area contributed by atoms with Gasteiger partial charge in [-0.05, 0) is 37.3 Å². The second-order valence-corrected chi connectivity index (χ2v) is 9.40. The molecule has 1 aromatic carbocycles. The van der Waals surface area contributed by atoms with Gasteiger partial charge < -0.3 is 21.3 Å². The number of hydrogen-bond acceptors (Lipinski definition) is 5. The fraction of sp³-hybridized carbons (Fsp3) is 0.556. The first kappa shape index (κ1) is 23.7. The van der Waals surface area contributed by atoms with Crippen LogP contribution in [0.5, 0.6) is 0 Å². The highest BCUT2D eigenvalue weighted by atomic mass is 32.2. The summed E-state index contributed by atoms with van der Waals surface area (Å²) < 4.78 is 27.1. The van der Waals surface area contributed by atoms with Crippen LogP contribution in [0.3, 0.4) is 0 Å². The van der Waals surface area contributed by atoms with Gasteiger partial charge in [-0.3, -0.25) is 0 Å². The number of amides is 1. The van der Waals surface area contributed by atoms with Gasteiger partial charge in [-0.15, -0.1) is 0 Å². The van der Waals surface area contributed by atoms with Gasteiger partial charge >= 0.3 is 6.09 Å². The second-order valence-electron chi connectivity index (χ2n) is 7.72. The monoisotopic (exact) mass is 414 g/mol. The summed E-state index contributed by atoms with van der Waals surface area (Å²) in [6.07, 6.45) is -0.492. The Morgan fingerprint density at radius 3 is 2.25 bits per heavy atom. The molecule has 10 heteroatoms. The molecule has 1 amide bonds. The number of nitrogens with zero attached hydrogens (tertiary/aromatic N) is 1. The summed E-state index contributed by atoms with van der Waals surface area (Å²) in [5.74, 6) is -0.243. The Bertz CT molecular complexity index is 785. The zero-order chi connectivity index (χ0) is 21.5. The summed E-state index contributed by atoms with van der Waals surface area (Å²) in [6.45, 7) is 7.26. The van der Waals surface area contributed by atoms with Crippen LogP contribution in [-0.2, 0) is 10.0 Å². The van der Waals surface area contributed by atoms with Crippen molar-refractivity contribution >= 4 is 22.1 Å². The van der Waals surface area contributed by atoms with Crippen molar-refractivity contribution in [3.63, 3.8) is 0 Å². The molecular formula is C18H30N4O5S. The van der Waals surface area contributed by atoms with Crippen LogP contribution < -0.4 is 15.8 Å². The maximum Gasteiger partial charge on any atom is 0.404 e. The van der Waals surface area contributed by atoms with Crippen LogP contribution in [0.2, 0.25) is 0 Å². The van der Waals surface area contributed by atoms with E-state index in [1.54, 1.807) is 12.1 Å². The van der Waals surface area contributed by atoms with E-state index in [9.17, 15) is 18.3 Å². The number of aliphatic imine (C=N–C) groups is 1. The first-order valence-corrected chi connectivity index (χ1v) is 10.4. The van der Waals surface area contributed by atoms with Crippen LogP contribution in [0.4, 0.5) is 4.79 Å². The molecule has 0 radical (unpaired) electrons. The first-order valence-electron chi connectivity index (χ1n) is 8.88. The minimum atomic E-state index is -3.86. The lowest BCUT2D eigenvalue weighted by Gasteiger charge is -2.29. The lowest BCUT2D eigenvalue weighted by atomic mass is 9.84. The molecule has 0 saturated heterocycles. The van der Waals surface area contributed by atoms with E-state index < -0.39 is 28.2 Å². The zero-order valence-corrected chi connectivity index (χ0v) is 17.5. The standard InChI is InChI=1S/C18H30N4O5S/c1-12-5-8-14(9-6-12)28(26,27)22-16(19)21-15(18(2,3)4)10-7-13(11-23)20-17(24)25/h5-6,8-9,13,15,20,23H,7,10-11H2,1-4H3,(H,24,25)(H3,19,21,22)/t13-,15?/m0/s1. The second kappa shape index (κ2) is 9.74. The molecule has 0 aliphatic carbocycles. The SMILES string of the molecule is Cc1ccc(S(=O)(=O)NC(N)=NC(CC[C@@H](CO)NC(=O)O)C(C)(C)C)cc1. The Labute approximate surface area is 166 Å². The van der Waals surface area contributed by atoms with Gasteiger partial charge in [0, 0.05) is 0 Å². The molecule has 0 aliphatic rings. The number of aliphatic hydroxyl groups is 1. The van der Waals surface area contributed by atoms with E-state index >= 15 is 0 Å². The number of aliphatic hydroxyl groups excluding tert-OH is 1. The van der Waals surface area contributed by atoms with Crippen LogP contribution in [-0.4, -0.2) is 49.4 Å². The summed E-state index contributed by atoms with van der Waals surface area (Å²) in [6, 6.07) is 5.31. The van der Waals surface area contributed by atoms with E-state index in [1.165, 1.54) is 12.1 Å². The molecule has 2 atom stereocenters. The number of aryl methyl sites for hydroxylation is 1. The Hall–Kier alpha value is -2.33. The third-order valence-corrected chi connectivity index (χ3v) is 5.57. The van der Waals surface area contributed by atoms with E-state index in [2.05, 4.69) is 15.0 Å². The number of guanidine groups is 1. The highest BCUT2D eigenvalue weighted by Crippen LogP contribution is 2.26. The largest absolute Gasteiger partial charge is 0.465 e. The topological polar surface area (TPSA) is 154 Å². The molecule has 0 spiro atoms. The van der Waals surface area contributed by atoms with Gasteiger partial charge in [0.05, 0.1) is 23.6 Å². The minimum absolute atomic E-state index is 0.0783. The molecule has 9 nitrogen and oxygen atoms in total. The summed E-state index contributed by atoms with van der Waals surface area (Å²) in [4.78, 5) is 15.1. The number of carboxylic acid groups (broad SMARTS) is 1. The van der Waals surface area contributed by atoms with Gasteiger partial charge in [0.25, 0.3) is 10.0 Å². The van der Waals surface area contributed by atoms with Crippen molar-refractivity contribution in [3.8, 4) is 0 Å². The zero-order valence-electron chi connectivity index (χ0n) is 16.6. The number of carbonyl (C=O) groups is 1. The highest BCUT2D eigenvalue weighted by molar-refractivity contribution is 7.90. The average Bonchev–Trinajstić information content (AvgIpc) is 2.55. The third-order valence-electron chi connectivity index (χ3n) is 4.20. The van der Waals surface area contributed by atoms with Gasteiger partial charge in [-0.25, -0.2) is 22.9 Å². The van der Waals surface area contributed by atoms with Crippen LogP contribution in [0.15, 0.2) is 34.2 Å². The fourth-order valence-electron chi connectivity index (χ4n) is 2.54. The van der Waals surface area contributed by atoms with Crippen molar-refractivity contribution in [3.05, 3.63) is 29.8 Å². The van der Waals surface area contributed by atoms with Crippen LogP contribution in [0, 0.1) is 12.3 Å². The smallest absolute Gasteiger partial charge is 0.404 e. The molecule has 6 N–H and O–H groups in total. The fourth-order valence-corrected chi connectivity index (χ4v) is 3.48. The maximum atomic E-state index is 12.4. The van der Waals surface area contributed by atoms with E-state index in [1.807, 2.05) is 27.7 Å². The molecule has 28 heavy (non-hydrogen) atoms. The average molecular weight is 415 g/mol. The molecule has 1 aromatic rings. The normalized spacial score (nSPS) is 15.0. The maximum absolute atomic E-state index is 12.4. The minimum Gasteiger partial charge on any atom is -0.465 e. The molecule has 0 aliphatic heterocycles. The number of nitrogens with two attached hydrogens (primary N) is 1. The molecule has 158 valence electrons. The Kier molecular flexibility index (Phi) is 8.25. The van der Waals surface area contributed by atoms with Crippen molar-refractivity contribution in [1.29, 1.82) is 0 Å². The number of rotatable bonds is 8. The molecular weight excluding hydrogens is 384 g/mol. The molecule has 1 unspecified atom stereocenters. The Morgan fingerprint density at radius 2 is 1.79 bits per heavy atom. The summed E-state index contributed by atoms with van der Waals surface area (Å²) >= 11 is 0. The number of benzene rings is 1. The van der Waals surface area contributed by atoms with Gasteiger partial charge in [-0.1, -0.05) is 38.5 Å². The van der Waals surface area contributed by atoms with E-state index in [0.29, 0.717) is 12.8 Å². The Morgan fingerprint density at radius 1 is 1.21 bits per heavy atom. The predicted octanol–water partition coefficient (Wildman–Crippen LogP) is 1.41. The molecule has 0 fully saturated rings. The highest BCUT2D eigenvalue weighted by Gasteiger charge is 2.26. The number of hydrogen-bond donors (Lipinski definition) is 5. The molecule has 0 heterocycles. The lowest BCUT2D eigenvalue weighted by molar-refractivity contribution is 0.172.